The molecular formula is C22H20ClN7O2. The topological polar surface area (TPSA) is 104 Å². The lowest BCUT2D eigenvalue weighted by Gasteiger charge is -2.53. The van der Waals surface area contributed by atoms with E-state index in [2.05, 4.69) is 30.3 Å². The van der Waals surface area contributed by atoms with E-state index in [1.165, 1.54) is 0 Å². The van der Waals surface area contributed by atoms with Crippen LogP contribution < -0.4 is 4.90 Å². The van der Waals surface area contributed by atoms with E-state index in [0.29, 0.717) is 46.0 Å². The van der Waals surface area contributed by atoms with Gasteiger partial charge in [0.2, 0.25) is 0 Å². The molecule has 9 nitrogen and oxygen atoms in total. The van der Waals surface area contributed by atoms with Crippen molar-refractivity contribution >= 4 is 34.6 Å². The lowest BCUT2D eigenvalue weighted by molar-refractivity contribution is 0.00731. The van der Waals surface area contributed by atoms with Gasteiger partial charge in [-0.15, -0.1) is 0 Å². The zero-order valence-electron chi connectivity index (χ0n) is 17.3. The molecule has 0 spiro atoms. The van der Waals surface area contributed by atoms with E-state index >= 15 is 0 Å². The number of pyridine rings is 1. The molecule has 4 aromatic rings. The van der Waals surface area contributed by atoms with Gasteiger partial charge in [-0.3, -0.25) is 9.78 Å². The van der Waals surface area contributed by atoms with Crippen molar-refractivity contribution in [2.24, 2.45) is 5.92 Å². The van der Waals surface area contributed by atoms with E-state index in [0.717, 1.165) is 30.7 Å². The van der Waals surface area contributed by atoms with Crippen molar-refractivity contribution in [3.63, 3.8) is 0 Å². The monoisotopic (exact) mass is 449 g/mol. The summed E-state index contributed by atoms with van der Waals surface area (Å²) >= 11 is 6.08. The molecule has 1 amide bonds. The van der Waals surface area contributed by atoms with Gasteiger partial charge >= 0.3 is 0 Å². The predicted molar refractivity (Wildman–Crippen MR) is 119 cm³/mol. The van der Waals surface area contributed by atoms with Crippen molar-refractivity contribution in [3.05, 3.63) is 52.8 Å². The molecule has 2 aliphatic rings. The van der Waals surface area contributed by atoms with Crippen molar-refractivity contribution in [2.45, 2.75) is 19.4 Å². The number of fused-ring (bicyclic) bond motifs is 2. The minimum atomic E-state index is -0.0389. The Morgan fingerprint density at radius 2 is 2.12 bits per heavy atom. The molecule has 2 atom stereocenters. The number of aryl methyl sites for hydroxylation is 1. The fourth-order valence-corrected chi connectivity index (χ4v) is 4.78. The Hall–Kier alpha value is -3.46. The van der Waals surface area contributed by atoms with Crippen LogP contribution in [-0.4, -0.2) is 61.9 Å². The number of carbonyl (C=O) groups is 1. The Morgan fingerprint density at radius 1 is 1.22 bits per heavy atom. The van der Waals surface area contributed by atoms with E-state index in [4.69, 9.17) is 16.0 Å². The second kappa shape index (κ2) is 7.30. The predicted octanol–water partition coefficient (Wildman–Crippen LogP) is 3.32. The number of H-pyrrole nitrogens is 1. The smallest absolute Gasteiger partial charge is 0.298 e. The van der Waals surface area contributed by atoms with Crippen LogP contribution in [0.5, 0.6) is 0 Å². The molecule has 6 rings (SSSR count). The fourth-order valence-electron chi connectivity index (χ4n) is 4.62. The highest BCUT2D eigenvalue weighted by Crippen LogP contribution is 2.37. The zero-order chi connectivity index (χ0) is 21.8. The SMILES string of the molecule is Cc1ccc(C(=O)N2C[C@H]3CCN(c4nc5ccc(Cl)cc5o4)C[C@H]32)c(-c2cn[nH]n2)n1. The molecule has 0 aliphatic carbocycles. The highest BCUT2D eigenvalue weighted by molar-refractivity contribution is 6.31. The summed E-state index contributed by atoms with van der Waals surface area (Å²) in [5, 5.41) is 11.2. The lowest BCUT2D eigenvalue weighted by atomic mass is 9.81. The molecule has 2 saturated heterocycles. The normalized spacial score (nSPS) is 20.3. The number of benzene rings is 1. The van der Waals surface area contributed by atoms with Crippen molar-refractivity contribution < 1.29 is 9.21 Å². The first kappa shape index (κ1) is 19.2. The number of piperidine rings is 1. The number of aromatic nitrogens is 5. The number of hydrogen-bond donors (Lipinski definition) is 1. The van der Waals surface area contributed by atoms with Crippen molar-refractivity contribution in [2.75, 3.05) is 24.5 Å². The Morgan fingerprint density at radius 3 is 2.97 bits per heavy atom. The Balaban J connectivity index is 1.26. The standard InChI is InChI=1S/C22H20ClN7O2/c1-12-2-4-15(20(25-12)17-9-24-28-27-17)21(31)30-10-13-6-7-29(11-18(13)30)22-26-16-5-3-14(23)8-19(16)32-22/h2-5,8-9,13,18H,6-7,10-11H2,1H3,(H,24,27,28)/t13-,18-/m1/s1. The molecule has 1 N–H and O–H groups in total. The molecule has 0 saturated carbocycles. The van der Waals surface area contributed by atoms with Crippen LogP contribution in [0.2, 0.25) is 5.02 Å². The first-order valence-corrected chi connectivity index (χ1v) is 10.9. The van der Waals surface area contributed by atoms with Gasteiger partial charge in [-0.2, -0.15) is 20.4 Å². The minimum Gasteiger partial charge on any atom is -0.423 e. The molecule has 2 fully saturated rings. The first-order chi connectivity index (χ1) is 15.6. The van der Waals surface area contributed by atoms with Gasteiger partial charge in [0.25, 0.3) is 11.9 Å². The van der Waals surface area contributed by atoms with Crippen LogP contribution in [-0.2, 0) is 0 Å². The Bertz CT molecular complexity index is 1320. The lowest BCUT2D eigenvalue weighted by Crippen LogP contribution is -2.65. The highest BCUT2D eigenvalue weighted by atomic mass is 35.5. The number of rotatable bonds is 3. The molecule has 32 heavy (non-hydrogen) atoms. The van der Waals surface area contributed by atoms with Gasteiger partial charge in [-0.05, 0) is 37.6 Å². The number of nitrogens with zero attached hydrogens (tertiary/aromatic N) is 6. The molecule has 2 aliphatic heterocycles. The van der Waals surface area contributed by atoms with Crippen LogP contribution in [0.1, 0.15) is 22.5 Å². The van der Waals surface area contributed by atoms with Crippen LogP contribution >= 0.6 is 11.6 Å². The number of aromatic amines is 1. The quantitative estimate of drug-likeness (QED) is 0.511. The van der Waals surface area contributed by atoms with E-state index in [9.17, 15) is 4.79 Å². The zero-order valence-corrected chi connectivity index (χ0v) is 18.1. The average Bonchev–Trinajstić information content (AvgIpc) is 3.44. The first-order valence-electron chi connectivity index (χ1n) is 10.5. The molecule has 0 bridgehead atoms. The molecule has 162 valence electrons. The largest absolute Gasteiger partial charge is 0.423 e. The number of anilines is 1. The van der Waals surface area contributed by atoms with Crippen molar-refractivity contribution in [1.82, 2.24) is 30.3 Å². The second-order valence-corrected chi connectivity index (χ2v) is 8.77. The summed E-state index contributed by atoms with van der Waals surface area (Å²) in [7, 11) is 0. The number of amides is 1. The van der Waals surface area contributed by atoms with Gasteiger partial charge in [-0.25, -0.2) is 0 Å². The third-order valence-corrected chi connectivity index (χ3v) is 6.58. The Labute approximate surface area is 188 Å². The van der Waals surface area contributed by atoms with Gasteiger partial charge in [0.05, 0.1) is 17.8 Å². The highest BCUT2D eigenvalue weighted by Gasteiger charge is 2.46. The summed E-state index contributed by atoms with van der Waals surface area (Å²) in [6.07, 6.45) is 2.57. The summed E-state index contributed by atoms with van der Waals surface area (Å²) in [6, 6.07) is 9.78. The van der Waals surface area contributed by atoms with E-state index < -0.39 is 0 Å². The number of nitrogens with one attached hydrogen (secondary N) is 1. The average molecular weight is 450 g/mol. The Kier molecular flexibility index (Phi) is 4.39. The summed E-state index contributed by atoms with van der Waals surface area (Å²) < 4.78 is 5.96. The third-order valence-electron chi connectivity index (χ3n) is 6.35. The third kappa shape index (κ3) is 3.12. The maximum absolute atomic E-state index is 13.5. The maximum atomic E-state index is 13.5. The molecule has 0 unspecified atom stereocenters. The van der Waals surface area contributed by atoms with E-state index in [1.54, 1.807) is 18.3 Å². The summed E-state index contributed by atoms with van der Waals surface area (Å²) in [4.78, 5) is 26.7. The van der Waals surface area contributed by atoms with Crippen LogP contribution in [0.25, 0.3) is 22.5 Å². The molecule has 1 aromatic carbocycles. The fraction of sp³-hybridized carbons (Fsp3) is 0.318. The number of oxazole rings is 1. The number of halogens is 1. The van der Waals surface area contributed by atoms with Crippen LogP contribution in [0.15, 0.2) is 40.9 Å². The van der Waals surface area contributed by atoms with Crippen LogP contribution in [0, 0.1) is 12.8 Å². The van der Waals surface area contributed by atoms with E-state index in [-0.39, 0.29) is 11.9 Å². The molecule has 3 aromatic heterocycles. The van der Waals surface area contributed by atoms with Gasteiger partial charge in [0, 0.05) is 42.3 Å². The molecule has 10 heteroatoms. The van der Waals surface area contributed by atoms with Gasteiger partial charge < -0.3 is 14.2 Å². The number of carbonyl (C=O) groups excluding carboxylic acids is 1. The van der Waals surface area contributed by atoms with Crippen LogP contribution in [0.4, 0.5) is 6.01 Å². The van der Waals surface area contributed by atoms with Crippen LogP contribution in [0.3, 0.4) is 0 Å². The minimum absolute atomic E-state index is 0.0389. The summed E-state index contributed by atoms with van der Waals surface area (Å²) in [6.45, 7) is 4.16. The summed E-state index contributed by atoms with van der Waals surface area (Å²) in [5.74, 6) is 0.436. The van der Waals surface area contributed by atoms with Gasteiger partial charge in [0.15, 0.2) is 5.58 Å². The molecule has 0 radical (unpaired) electrons. The number of likely N-dealkylation sites (tertiary alicyclic amines) is 1. The van der Waals surface area contributed by atoms with Gasteiger partial charge in [-0.1, -0.05) is 11.6 Å². The van der Waals surface area contributed by atoms with Gasteiger partial charge in [0.1, 0.15) is 16.9 Å². The maximum Gasteiger partial charge on any atom is 0.298 e. The number of hydrogen-bond acceptors (Lipinski definition) is 7. The molecule has 5 heterocycles. The van der Waals surface area contributed by atoms with E-state index in [1.807, 2.05) is 30.0 Å². The molecular weight excluding hydrogens is 430 g/mol. The summed E-state index contributed by atoms with van der Waals surface area (Å²) in [5.41, 5.74) is 3.91. The van der Waals surface area contributed by atoms with Crippen molar-refractivity contribution in [3.8, 4) is 11.4 Å². The second-order valence-electron chi connectivity index (χ2n) is 8.33. The van der Waals surface area contributed by atoms with Crippen molar-refractivity contribution in [1.29, 1.82) is 0 Å².